The molecule has 0 fully saturated rings. The molecule has 0 amide bonds. The van der Waals surface area contributed by atoms with Crippen molar-refractivity contribution in [3.8, 4) is 11.1 Å². The van der Waals surface area contributed by atoms with Crippen LogP contribution in [0, 0.1) is 0 Å². The first-order chi connectivity index (χ1) is 8.75. The van der Waals surface area contributed by atoms with E-state index in [0.717, 1.165) is 10.9 Å². The Kier molecular flexibility index (Phi) is 2.34. The van der Waals surface area contributed by atoms with Crippen LogP contribution in [0.4, 0.5) is 5.69 Å². The molecule has 4 heteroatoms. The standard InChI is InChI=1S/C14H11N3O/c15-12-6-2-1-5-10(12)11-8-9-4-3-7-16-13(9)17-14(11)18/h1-8H,15H2,(H,16,17,18). The maximum absolute atomic E-state index is 12.0. The van der Waals surface area contributed by atoms with Gasteiger partial charge in [0.15, 0.2) is 0 Å². The Morgan fingerprint density at radius 2 is 1.89 bits per heavy atom. The lowest BCUT2D eigenvalue weighted by atomic mass is 10.0. The number of hydrogen-bond acceptors (Lipinski definition) is 3. The van der Waals surface area contributed by atoms with Crippen LogP contribution in [0.1, 0.15) is 0 Å². The van der Waals surface area contributed by atoms with Gasteiger partial charge in [-0.2, -0.15) is 0 Å². The number of H-pyrrole nitrogens is 1. The van der Waals surface area contributed by atoms with Crippen molar-refractivity contribution in [2.75, 3.05) is 5.73 Å². The fourth-order valence-corrected chi connectivity index (χ4v) is 1.98. The van der Waals surface area contributed by atoms with Crippen LogP contribution < -0.4 is 11.3 Å². The van der Waals surface area contributed by atoms with E-state index in [0.29, 0.717) is 16.9 Å². The van der Waals surface area contributed by atoms with Gasteiger partial charge in [-0.1, -0.05) is 18.2 Å². The highest BCUT2D eigenvalue weighted by Gasteiger charge is 2.08. The Balaban J connectivity index is 2.33. The number of para-hydroxylation sites is 1. The molecule has 0 spiro atoms. The summed E-state index contributed by atoms with van der Waals surface area (Å²) in [5.41, 5.74) is 8.19. The van der Waals surface area contributed by atoms with Gasteiger partial charge >= 0.3 is 0 Å². The van der Waals surface area contributed by atoms with Crippen LogP contribution >= 0.6 is 0 Å². The highest BCUT2D eigenvalue weighted by Crippen LogP contribution is 2.23. The molecule has 1 aromatic carbocycles. The average molecular weight is 237 g/mol. The van der Waals surface area contributed by atoms with Gasteiger partial charge in [0.1, 0.15) is 5.65 Å². The van der Waals surface area contributed by atoms with Crippen molar-refractivity contribution in [1.29, 1.82) is 0 Å². The van der Waals surface area contributed by atoms with Gasteiger partial charge < -0.3 is 10.7 Å². The summed E-state index contributed by atoms with van der Waals surface area (Å²) in [6.45, 7) is 0. The topological polar surface area (TPSA) is 71.8 Å². The Hall–Kier alpha value is -2.62. The van der Waals surface area contributed by atoms with E-state index in [1.165, 1.54) is 0 Å². The molecule has 3 aromatic rings. The largest absolute Gasteiger partial charge is 0.398 e. The van der Waals surface area contributed by atoms with Crippen molar-refractivity contribution in [1.82, 2.24) is 9.97 Å². The predicted molar refractivity (Wildman–Crippen MR) is 72.2 cm³/mol. The molecule has 0 saturated heterocycles. The van der Waals surface area contributed by atoms with E-state index < -0.39 is 0 Å². The number of aromatic nitrogens is 2. The van der Waals surface area contributed by atoms with Gasteiger partial charge in [-0.3, -0.25) is 4.79 Å². The van der Waals surface area contributed by atoms with E-state index in [1.807, 2.05) is 36.4 Å². The highest BCUT2D eigenvalue weighted by molar-refractivity contribution is 5.84. The first-order valence-electron chi connectivity index (χ1n) is 5.58. The van der Waals surface area contributed by atoms with Crippen LogP contribution in [0.15, 0.2) is 53.5 Å². The molecule has 3 N–H and O–H groups in total. The van der Waals surface area contributed by atoms with E-state index in [2.05, 4.69) is 9.97 Å². The van der Waals surface area contributed by atoms with Gasteiger partial charge in [0.05, 0.1) is 0 Å². The second-order valence-electron chi connectivity index (χ2n) is 4.04. The van der Waals surface area contributed by atoms with Gasteiger partial charge in [0.25, 0.3) is 5.56 Å². The number of nitrogens with two attached hydrogens (primary N) is 1. The van der Waals surface area contributed by atoms with Gasteiger partial charge in [-0.25, -0.2) is 4.98 Å². The molecule has 0 radical (unpaired) electrons. The zero-order chi connectivity index (χ0) is 12.5. The molecule has 0 atom stereocenters. The molecule has 2 heterocycles. The highest BCUT2D eigenvalue weighted by atomic mass is 16.1. The molecule has 4 nitrogen and oxygen atoms in total. The van der Waals surface area contributed by atoms with Crippen LogP contribution in [-0.4, -0.2) is 9.97 Å². The Labute approximate surface area is 103 Å². The van der Waals surface area contributed by atoms with Gasteiger partial charge in [-0.05, 0) is 24.3 Å². The number of aromatic amines is 1. The molecule has 0 saturated carbocycles. The summed E-state index contributed by atoms with van der Waals surface area (Å²) in [4.78, 5) is 18.9. The fourth-order valence-electron chi connectivity index (χ4n) is 1.98. The van der Waals surface area contributed by atoms with Crippen molar-refractivity contribution in [2.45, 2.75) is 0 Å². The Morgan fingerprint density at radius 3 is 2.72 bits per heavy atom. The summed E-state index contributed by atoms with van der Waals surface area (Å²) in [7, 11) is 0. The fraction of sp³-hybridized carbons (Fsp3) is 0. The third-order valence-corrected chi connectivity index (χ3v) is 2.87. The molecular formula is C14H11N3O. The number of rotatable bonds is 1. The van der Waals surface area contributed by atoms with E-state index in [9.17, 15) is 4.79 Å². The lowest BCUT2D eigenvalue weighted by Gasteiger charge is -2.05. The van der Waals surface area contributed by atoms with E-state index in [-0.39, 0.29) is 5.56 Å². The van der Waals surface area contributed by atoms with Crippen molar-refractivity contribution in [3.05, 3.63) is 59.0 Å². The zero-order valence-electron chi connectivity index (χ0n) is 9.55. The van der Waals surface area contributed by atoms with Crippen LogP contribution in [0.2, 0.25) is 0 Å². The van der Waals surface area contributed by atoms with Crippen molar-refractivity contribution in [2.24, 2.45) is 0 Å². The van der Waals surface area contributed by atoms with Crippen LogP contribution in [0.5, 0.6) is 0 Å². The van der Waals surface area contributed by atoms with Crippen molar-refractivity contribution in [3.63, 3.8) is 0 Å². The maximum atomic E-state index is 12.0. The SMILES string of the molecule is Nc1ccccc1-c1cc2cccnc2[nH]c1=O. The molecule has 0 aliphatic carbocycles. The van der Waals surface area contributed by atoms with E-state index in [4.69, 9.17) is 5.73 Å². The Morgan fingerprint density at radius 1 is 1.06 bits per heavy atom. The molecule has 0 aliphatic heterocycles. The summed E-state index contributed by atoms with van der Waals surface area (Å²) < 4.78 is 0. The molecule has 18 heavy (non-hydrogen) atoms. The summed E-state index contributed by atoms with van der Waals surface area (Å²) in [6, 6.07) is 12.9. The zero-order valence-corrected chi connectivity index (χ0v) is 9.55. The van der Waals surface area contributed by atoms with Crippen molar-refractivity contribution >= 4 is 16.7 Å². The minimum atomic E-state index is -0.181. The first kappa shape index (κ1) is 10.5. The summed E-state index contributed by atoms with van der Waals surface area (Å²) in [5, 5.41) is 0.885. The summed E-state index contributed by atoms with van der Waals surface area (Å²) in [6.07, 6.45) is 1.65. The quantitative estimate of drug-likeness (QED) is 0.637. The van der Waals surface area contributed by atoms with Gasteiger partial charge in [0.2, 0.25) is 0 Å². The van der Waals surface area contributed by atoms with Crippen molar-refractivity contribution < 1.29 is 0 Å². The molecular weight excluding hydrogens is 226 g/mol. The van der Waals surface area contributed by atoms with E-state index >= 15 is 0 Å². The summed E-state index contributed by atoms with van der Waals surface area (Å²) in [5.74, 6) is 0. The maximum Gasteiger partial charge on any atom is 0.257 e. The predicted octanol–water partition coefficient (Wildman–Crippen LogP) is 2.17. The number of pyridine rings is 2. The third kappa shape index (κ3) is 1.64. The lowest BCUT2D eigenvalue weighted by Crippen LogP contribution is -2.10. The average Bonchev–Trinajstić information content (AvgIpc) is 2.39. The van der Waals surface area contributed by atoms with Gasteiger partial charge in [0, 0.05) is 28.4 Å². The monoisotopic (exact) mass is 237 g/mol. The third-order valence-electron chi connectivity index (χ3n) is 2.87. The van der Waals surface area contributed by atoms with Crippen LogP contribution in [0.25, 0.3) is 22.2 Å². The molecule has 88 valence electrons. The molecule has 0 unspecified atom stereocenters. The minimum absolute atomic E-state index is 0.181. The second-order valence-corrected chi connectivity index (χ2v) is 4.04. The Bertz CT molecular complexity index is 777. The molecule has 0 aliphatic rings. The van der Waals surface area contributed by atoms with E-state index in [1.54, 1.807) is 12.3 Å². The number of fused-ring (bicyclic) bond motifs is 1. The van der Waals surface area contributed by atoms with Crippen LogP contribution in [-0.2, 0) is 0 Å². The first-order valence-corrected chi connectivity index (χ1v) is 5.58. The number of benzene rings is 1. The number of nitrogen functional groups attached to an aromatic ring is 1. The number of anilines is 1. The number of nitrogens with zero attached hydrogens (tertiary/aromatic N) is 1. The smallest absolute Gasteiger partial charge is 0.257 e. The second kappa shape index (κ2) is 4.00. The number of hydrogen-bond donors (Lipinski definition) is 2. The van der Waals surface area contributed by atoms with Crippen LogP contribution in [0.3, 0.4) is 0 Å². The molecule has 0 bridgehead atoms. The molecule has 2 aromatic heterocycles. The lowest BCUT2D eigenvalue weighted by molar-refractivity contribution is 1.23. The number of nitrogens with one attached hydrogen (secondary N) is 1. The minimum Gasteiger partial charge on any atom is -0.398 e. The summed E-state index contributed by atoms with van der Waals surface area (Å²) >= 11 is 0. The normalized spacial score (nSPS) is 10.7. The van der Waals surface area contributed by atoms with Gasteiger partial charge in [-0.15, -0.1) is 0 Å². The molecule has 3 rings (SSSR count).